The fourth-order valence-corrected chi connectivity index (χ4v) is 1.37. The zero-order valence-corrected chi connectivity index (χ0v) is 8.51. The number of aliphatic imine (C=N–C) groups is 1. The van der Waals surface area contributed by atoms with Crippen LogP contribution >= 0.6 is 0 Å². The number of nitrogens with zero attached hydrogens (tertiary/aromatic N) is 1. The zero-order valence-electron chi connectivity index (χ0n) is 8.51. The van der Waals surface area contributed by atoms with Crippen LogP contribution in [0.25, 0.3) is 0 Å². The van der Waals surface area contributed by atoms with Crippen LogP contribution in [0, 0.1) is 11.8 Å². The first-order valence-electron chi connectivity index (χ1n) is 5.02. The molecule has 4 heteroatoms. The van der Waals surface area contributed by atoms with Crippen LogP contribution in [0.15, 0.2) is 4.99 Å². The van der Waals surface area contributed by atoms with Crippen molar-refractivity contribution in [1.29, 1.82) is 0 Å². The maximum absolute atomic E-state index is 5.29. The van der Waals surface area contributed by atoms with E-state index < -0.39 is 0 Å². The predicted molar refractivity (Wildman–Crippen MR) is 55.2 cm³/mol. The van der Waals surface area contributed by atoms with Crippen molar-refractivity contribution < 1.29 is 0 Å². The normalized spacial score (nSPS) is 19.8. The highest BCUT2D eigenvalue weighted by Crippen LogP contribution is 2.36. The highest BCUT2D eigenvalue weighted by Gasteiger charge is 2.27. The first-order chi connectivity index (χ1) is 6.27. The second-order valence-corrected chi connectivity index (χ2v) is 3.68. The van der Waals surface area contributed by atoms with Gasteiger partial charge in [0.1, 0.15) is 0 Å². The molecule has 0 aromatic heterocycles. The van der Waals surface area contributed by atoms with E-state index in [4.69, 9.17) is 5.84 Å². The Bertz CT molecular complexity index is 174. The number of hydrogen-bond acceptors (Lipinski definition) is 2. The molecular formula is C9H20N4. The Morgan fingerprint density at radius 1 is 1.62 bits per heavy atom. The maximum Gasteiger partial charge on any atom is 0.205 e. The molecular weight excluding hydrogens is 164 g/mol. The van der Waals surface area contributed by atoms with Gasteiger partial charge < -0.3 is 5.32 Å². The number of hydrazine groups is 1. The molecule has 0 aromatic rings. The van der Waals surface area contributed by atoms with Crippen molar-refractivity contribution in [2.45, 2.75) is 26.7 Å². The van der Waals surface area contributed by atoms with Crippen LogP contribution in [0.1, 0.15) is 26.7 Å². The fraction of sp³-hybridized carbons (Fsp3) is 0.889. The van der Waals surface area contributed by atoms with Crippen molar-refractivity contribution in [2.75, 3.05) is 13.1 Å². The summed E-state index contributed by atoms with van der Waals surface area (Å²) in [6, 6.07) is 0. The standard InChI is InChI=1S/C9H20N4/c1-3-11-9(13-10)12-6-7(2)8-4-5-8/h7-8H,3-6,10H2,1-2H3,(H2,11,12,13). The number of rotatable bonds is 4. The summed E-state index contributed by atoms with van der Waals surface area (Å²) in [5, 5.41) is 3.06. The lowest BCUT2D eigenvalue weighted by Gasteiger charge is -2.09. The van der Waals surface area contributed by atoms with Gasteiger partial charge in [0.15, 0.2) is 0 Å². The molecule has 1 aliphatic carbocycles. The Labute approximate surface area is 80.0 Å². The summed E-state index contributed by atoms with van der Waals surface area (Å²) in [5.41, 5.74) is 2.56. The summed E-state index contributed by atoms with van der Waals surface area (Å²) in [4.78, 5) is 4.36. The smallest absolute Gasteiger partial charge is 0.205 e. The molecule has 0 radical (unpaired) electrons. The van der Waals surface area contributed by atoms with E-state index in [0.717, 1.165) is 19.0 Å². The molecule has 1 rings (SSSR count). The molecule has 0 saturated heterocycles. The Balaban J connectivity index is 2.25. The van der Waals surface area contributed by atoms with Crippen LogP contribution in [0.5, 0.6) is 0 Å². The van der Waals surface area contributed by atoms with Gasteiger partial charge in [-0.05, 0) is 31.6 Å². The van der Waals surface area contributed by atoms with Gasteiger partial charge in [-0.2, -0.15) is 0 Å². The van der Waals surface area contributed by atoms with Crippen LogP contribution in [-0.4, -0.2) is 19.0 Å². The lowest BCUT2D eigenvalue weighted by atomic mass is 10.1. The molecule has 0 bridgehead atoms. The van der Waals surface area contributed by atoms with Crippen LogP contribution in [0.3, 0.4) is 0 Å². The average molecular weight is 184 g/mol. The molecule has 76 valence electrons. The Morgan fingerprint density at radius 3 is 2.77 bits per heavy atom. The summed E-state index contributed by atoms with van der Waals surface area (Å²) in [6.45, 7) is 6.00. The van der Waals surface area contributed by atoms with Crippen molar-refractivity contribution in [1.82, 2.24) is 10.7 Å². The third kappa shape index (κ3) is 3.63. The van der Waals surface area contributed by atoms with E-state index in [0.29, 0.717) is 11.9 Å². The van der Waals surface area contributed by atoms with E-state index in [1.54, 1.807) is 0 Å². The maximum atomic E-state index is 5.29. The van der Waals surface area contributed by atoms with Gasteiger partial charge >= 0.3 is 0 Å². The van der Waals surface area contributed by atoms with Crippen LogP contribution in [0.2, 0.25) is 0 Å². The number of nitrogens with one attached hydrogen (secondary N) is 2. The summed E-state index contributed by atoms with van der Waals surface area (Å²) in [6.07, 6.45) is 2.76. The van der Waals surface area contributed by atoms with E-state index >= 15 is 0 Å². The van der Waals surface area contributed by atoms with Gasteiger partial charge in [0.25, 0.3) is 0 Å². The number of nitrogens with two attached hydrogens (primary N) is 1. The van der Waals surface area contributed by atoms with E-state index in [-0.39, 0.29) is 0 Å². The topological polar surface area (TPSA) is 62.4 Å². The molecule has 13 heavy (non-hydrogen) atoms. The van der Waals surface area contributed by atoms with Crippen molar-refractivity contribution in [3.05, 3.63) is 0 Å². The minimum absolute atomic E-state index is 0.696. The first kappa shape index (κ1) is 10.3. The van der Waals surface area contributed by atoms with Crippen LogP contribution in [-0.2, 0) is 0 Å². The first-order valence-corrected chi connectivity index (χ1v) is 5.02. The van der Waals surface area contributed by atoms with E-state index in [1.807, 2.05) is 6.92 Å². The summed E-state index contributed by atoms with van der Waals surface area (Å²) in [7, 11) is 0. The summed E-state index contributed by atoms with van der Waals surface area (Å²) >= 11 is 0. The summed E-state index contributed by atoms with van der Waals surface area (Å²) < 4.78 is 0. The van der Waals surface area contributed by atoms with Gasteiger partial charge in [0.05, 0.1) is 0 Å². The number of hydrogen-bond donors (Lipinski definition) is 3. The molecule has 4 nitrogen and oxygen atoms in total. The Hall–Kier alpha value is -0.770. The molecule has 1 fully saturated rings. The van der Waals surface area contributed by atoms with Gasteiger partial charge in [-0.15, -0.1) is 0 Å². The minimum Gasteiger partial charge on any atom is -0.356 e. The molecule has 1 unspecified atom stereocenters. The van der Waals surface area contributed by atoms with E-state index in [1.165, 1.54) is 12.8 Å². The Morgan fingerprint density at radius 2 is 2.31 bits per heavy atom. The van der Waals surface area contributed by atoms with Gasteiger partial charge in [-0.1, -0.05) is 6.92 Å². The van der Waals surface area contributed by atoms with Crippen molar-refractivity contribution in [3.8, 4) is 0 Å². The molecule has 0 spiro atoms. The summed E-state index contributed by atoms with van der Waals surface area (Å²) in [5.74, 6) is 7.60. The molecule has 0 heterocycles. The largest absolute Gasteiger partial charge is 0.356 e. The van der Waals surface area contributed by atoms with Gasteiger partial charge in [-0.3, -0.25) is 10.4 Å². The predicted octanol–water partition coefficient (Wildman–Crippen LogP) is 0.461. The minimum atomic E-state index is 0.696. The lowest BCUT2D eigenvalue weighted by Crippen LogP contribution is -2.41. The zero-order chi connectivity index (χ0) is 9.68. The SMILES string of the molecule is CCNC(=NCC(C)C1CC1)NN. The molecule has 1 aliphatic rings. The van der Waals surface area contributed by atoms with E-state index in [2.05, 4.69) is 22.7 Å². The van der Waals surface area contributed by atoms with Crippen molar-refractivity contribution in [3.63, 3.8) is 0 Å². The van der Waals surface area contributed by atoms with Gasteiger partial charge in [0, 0.05) is 13.1 Å². The molecule has 1 atom stereocenters. The molecule has 0 amide bonds. The second kappa shape index (κ2) is 5.07. The molecule has 4 N–H and O–H groups in total. The molecule has 0 aliphatic heterocycles. The van der Waals surface area contributed by atoms with Crippen molar-refractivity contribution >= 4 is 5.96 Å². The highest BCUT2D eigenvalue weighted by molar-refractivity contribution is 5.79. The van der Waals surface area contributed by atoms with Gasteiger partial charge in [0.2, 0.25) is 5.96 Å². The fourth-order valence-electron chi connectivity index (χ4n) is 1.37. The highest BCUT2D eigenvalue weighted by atomic mass is 15.3. The van der Waals surface area contributed by atoms with Crippen molar-refractivity contribution in [2.24, 2.45) is 22.7 Å². The lowest BCUT2D eigenvalue weighted by molar-refractivity contribution is 0.520. The number of guanidine groups is 1. The molecule has 1 saturated carbocycles. The van der Waals surface area contributed by atoms with Gasteiger partial charge in [-0.25, -0.2) is 5.84 Å². The monoisotopic (exact) mass is 184 g/mol. The van der Waals surface area contributed by atoms with Crippen LogP contribution in [0.4, 0.5) is 0 Å². The second-order valence-electron chi connectivity index (χ2n) is 3.68. The quantitative estimate of drug-likeness (QED) is 0.257. The average Bonchev–Trinajstić information content (AvgIpc) is 2.94. The van der Waals surface area contributed by atoms with E-state index in [9.17, 15) is 0 Å². The van der Waals surface area contributed by atoms with Crippen LogP contribution < -0.4 is 16.6 Å². The molecule has 0 aromatic carbocycles. The Kier molecular flexibility index (Phi) is 4.02. The third-order valence-corrected chi connectivity index (χ3v) is 2.45. The third-order valence-electron chi connectivity index (χ3n) is 2.45.